The second-order valence-corrected chi connectivity index (χ2v) is 10.9. The molecule has 0 saturated heterocycles. The van der Waals surface area contributed by atoms with Gasteiger partial charge in [0.2, 0.25) is 5.91 Å². The van der Waals surface area contributed by atoms with Crippen molar-refractivity contribution >= 4 is 29.7 Å². The molecule has 0 aliphatic heterocycles. The van der Waals surface area contributed by atoms with Crippen molar-refractivity contribution in [2.45, 2.75) is 76.9 Å². The molecular weight excluding hydrogens is 557 g/mol. The van der Waals surface area contributed by atoms with E-state index in [4.69, 9.17) is 9.47 Å². The normalized spacial score (nSPS) is 17.0. The summed E-state index contributed by atoms with van der Waals surface area (Å²) in [6.07, 6.45) is -3.75. The molecule has 2 atom stereocenters. The van der Waals surface area contributed by atoms with Crippen LogP contribution in [0.3, 0.4) is 0 Å². The van der Waals surface area contributed by atoms with Gasteiger partial charge in [-0.05, 0) is 70.2 Å². The van der Waals surface area contributed by atoms with E-state index in [2.05, 4.69) is 21.3 Å². The Bertz CT molecular complexity index is 1260. The summed E-state index contributed by atoms with van der Waals surface area (Å²) >= 11 is 0. The van der Waals surface area contributed by atoms with E-state index in [-0.39, 0.29) is 24.4 Å². The quantitative estimate of drug-likeness (QED) is 0.336. The minimum atomic E-state index is -4.74. The van der Waals surface area contributed by atoms with Crippen molar-refractivity contribution in [3.63, 3.8) is 0 Å². The Morgan fingerprint density at radius 2 is 1.57 bits per heavy atom. The summed E-state index contributed by atoms with van der Waals surface area (Å²) in [7, 11) is 0. The topological polar surface area (TPSA) is 135 Å². The van der Waals surface area contributed by atoms with Crippen molar-refractivity contribution in [1.82, 2.24) is 16.0 Å². The van der Waals surface area contributed by atoms with Gasteiger partial charge in [0.05, 0.1) is 23.4 Å². The van der Waals surface area contributed by atoms with Gasteiger partial charge in [0.15, 0.2) is 0 Å². The lowest BCUT2D eigenvalue weighted by Gasteiger charge is -2.30. The molecule has 1 aliphatic rings. The molecule has 0 spiro atoms. The lowest BCUT2D eigenvalue weighted by molar-refractivity contribution is -0.137. The third-order valence-corrected chi connectivity index (χ3v) is 6.21. The standard InChI is InChI=1S/C29H35F3N4O6/c1-28(2,3)42-27(40)36-23-13-12-19(29(30,31)32)14-22(23)25(38)33-16-24(37)34-20-10-7-11-21(15-20)35-26(39)41-17-18-8-5-4-6-9-18/h4-6,8-9,12-14,20-21H,7,10-11,15-17H2,1-3H3,(H,33,38)(H,34,37)(H,35,39)(H,36,40). The number of amides is 4. The number of nitrogens with one attached hydrogen (secondary N) is 4. The fourth-order valence-electron chi connectivity index (χ4n) is 4.35. The molecule has 1 fully saturated rings. The molecule has 10 nitrogen and oxygen atoms in total. The molecule has 0 bridgehead atoms. The summed E-state index contributed by atoms with van der Waals surface area (Å²) in [5.74, 6) is -1.55. The van der Waals surface area contributed by atoms with Crippen LogP contribution in [0.1, 0.15) is 67.9 Å². The van der Waals surface area contributed by atoms with Gasteiger partial charge in [0, 0.05) is 12.1 Å². The van der Waals surface area contributed by atoms with Gasteiger partial charge in [0.1, 0.15) is 12.2 Å². The number of rotatable bonds is 8. The van der Waals surface area contributed by atoms with E-state index in [1.54, 1.807) is 20.8 Å². The average Bonchev–Trinajstić information content (AvgIpc) is 2.90. The molecule has 0 radical (unpaired) electrons. The Morgan fingerprint density at radius 1 is 0.905 bits per heavy atom. The molecule has 3 rings (SSSR count). The van der Waals surface area contributed by atoms with Crippen LogP contribution in [0.4, 0.5) is 28.4 Å². The van der Waals surface area contributed by atoms with Gasteiger partial charge in [-0.3, -0.25) is 14.9 Å². The van der Waals surface area contributed by atoms with Crippen molar-refractivity contribution in [3.05, 3.63) is 65.2 Å². The van der Waals surface area contributed by atoms with Gasteiger partial charge in [-0.15, -0.1) is 0 Å². The number of hydrogen-bond acceptors (Lipinski definition) is 6. The third-order valence-electron chi connectivity index (χ3n) is 6.21. The van der Waals surface area contributed by atoms with Gasteiger partial charge in [-0.25, -0.2) is 9.59 Å². The van der Waals surface area contributed by atoms with Crippen molar-refractivity contribution in [1.29, 1.82) is 0 Å². The maximum absolute atomic E-state index is 13.3. The molecule has 2 aromatic carbocycles. The Morgan fingerprint density at radius 3 is 2.21 bits per heavy atom. The predicted molar refractivity (Wildman–Crippen MR) is 148 cm³/mol. The maximum Gasteiger partial charge on any atom is 0.416 e. The number of ether oxygens (including phenoxy) is 2. The van der Waals surface area contributed by atoms with E-state index >= 15 is 0 Å². The fraction of sp³-hybridized carbons (Fsp3) is 0.448. The Kier molecular flexibility index (Phi) is 10.8. The first-order chi connectivity index (χ1) is 19.7. The highest BCUT2D eigenvalue weighted by Crippen LogP contribution is 2.32. The number of benzene rings is 2. The zero-order valence-corrected chi connectivity index (χ0v) is 23.6. The largest absolute Gasteiger partial charge is 0.445 e. The molecule has 0 aromatic heterocycles. The molecule has 1 saturated carbocycles. The van der Waals surface area contributed by atoms with Crippen LogP contribution in [0.2, 0.25) is 0 Å². The molecule has 2 unspecified atom stereocenters. The smallest absolute Gasteiger partial charge is 0.416 e. The van der Waals surface area contributed by atoms with E-state index in [1.165, 1.54) is 0 Å². The second-order valence-electron chi connectivity index (χ2n) is 10.9. The summed E-state index contributed by atoms with van der Waals surface area (Å²) in [6, 6.07) is 11.0. The zero-order valence-electron chi connectivity index (χ0n) is 23.6. The molecule has 4 N–H and O–H groups in total. The van der Waals surface area contributed by atoms with Gasteiger partial charge in [-0.1, -0.05) is 30.3 Å². The lowest BCUT2D eigenvalue weighted by Crippen LogP contribution is -2.48. The van der Waals surface area contributed by atoms with Gasteiger partial charge in [-0.2, -0.15) is 13.2 Å². The van der Waals surface area contributed by atoms with E-state index in [1.807, 2.05) is 30.3 Å². The number of anilines is 1. The summed E-state index contributed by atoms with van der Waals surface area (Å²) in [5, 5.41) is 10.2. The fourth-order valence-corrected chi connectivity index (χ4v) is 4.35. The van der Waals surface area contributed by atoms with E-state index < -0.39 is 53.4 Å². The monoisotopic (exact) mass is 592 g/mol. The molecule has 13 heteroatoms. The first kappa shape index (κ1) is 32.2. The van der Waals surface area contributed by atoms with E-state index in [0.29, 0.717) is 25.3 Å². The summed E-state index contributed by atoms with van der Waals surface area (Å²) < 4.78 is 50.3. The van der Waals surface area contributed by atoms with Gasteiger partial charge in [0.25, 0.3) is 5.91 Å². The first-order valence-corrected chi connectivity index (χ1v) is 13.5. The summed E-state index contributed by atoms with van der Waals surface area (Å²) in [5.41, 5.74) is -1.83. The minimum absolute atomic E-state index is 0.125. The van der Waals surface area contributed by atoms with Crippen molar-refractivity contribution in [2.75, 3.05) is 11.9 Å². The van der Waals surface area contributed by atoms with Crippen molar-refractivity contribution < 1.29 is 41.8 Å². The molecule has 4 amide bonds. The van der Waals surface area contributed by atoms with Crippen LogP contribution in [-0.2, 0) is 27.1 Å². The number of hydrogen-bond donors (Lipinski definition) is 4. The maximum atomic E-state index is 13.3. The minimum Gasteiger partial charge on any atom is -0.445 e. The van der Waals surface area contributed by atoms with Crippen LogP contribution in [0.25, 0.3) is 0 Å². The third kappa shape index (κ3) is 10.6. The number of carbonyl (C=O) groups is 4. The molecule has 2 aromatic rings. The van der Waals surface area contributed by atoms with Crippen LogP contribution >= 0.6 is 0 Å². The zero-order chi connectivity index (χ0) is 30.9. The van der Waals surface area contributed by atoms with Crippen molar-refractivity contribution in [2.24, 2.45) is 0 Å². The summed E-state index contributed by atoms with van der Waals surface area (Å²) in [6.45, 7) is 4.42. The lowest BCUT2D eigenvalue weighted by atomic mass is 9.91. The SMILES string of the molecule is CC(C)(C)OC(=O)Nc1ccc(C(F)(F)F)cc1C(=O)NCC(=O)NC1CCCC(NC(=O)OCc2ccccc2)C1. The van der Waals surface area contributed by atoms with E-state index in [0.717, 1.165) is 24.1 Å². The number of alkyl halides is 3. The van der Waals surface area contributed by atoms with Gasteiger partial charge < -0.3 is 25.4 Å². The van der Waals surface area contributed by atoms with Gasteiger partial charge >= 0.3 is 18.4 Å². The number of carbonyl (C=O) groups excluding carboxylic acids is 4. The Balaban J connectivity index is 1.54. The summed E-state index contributed by atoms with van der Waals surface area (Å²) in [4.78, 5) is 49.8. The highest BCUT2D eigenvalue weighted by molar-refractivity contribution is 6.04. The van der Waals surface area contributed by atoms with Crippen LogP contribution in [0.15, 0.2) is 48.5 Å². The number of halogens is 3. The van der Waals surface area contributed by atoms with Crippen LogP contribution in [-0.4, -0.2) is 48.2 Å². The average molecular weight is 593 g/mol. The Labute approximate surface area is 241 Å². The molecular formula is C29H35F3N4O6. The highest BCUT2D eigenvalue weighted by Gasteiger charge is 2.32. The van der Waals surface area contributed by atoms with E-state index in [9.17, 15) is 32.3 Å². The first-order valence-electron chi connectivity index (χ1n) is 13.5. The molecule has 42 heavy (non-hydrogen) atoms. The molecule has 0 heterocycles. The highest BCUT2D eigenvalue weighted by atomic mass is 19.4. The van der Waals surface area contributed by atoms with Crippen LogP contribution in [0.5, 0.6) is 0 Å². The van der Waals surface area contributed by atoms with Crippen LogP contribution in [0, 0.1) is 0 Å². The predicted octanol–water partition coefficient (Wildman–Crippen LogP) is 5.14. The van der Waals surface area contributed by atoms with Crippen LogP contribution < -0.4 is 21.3 Å². The Hall–Kier alpha value is -4.29. The molecule has 228 valence electrons. The number of alkyl carbamates (subject to hydrolysis) is 1. The van der Waals surface area contributed by atoms with Crippen molar-refractivity contribution in [3.8, 4) is 0 Å². The second kappa shape index (κ2) is 14.1. The molecule has 1 aliphatic carbocycles.